The average molecular weight is 730 g/mol. The summed E-state index contributed by atoms with van der Waals surface area (Å²) in [7, 11) is 0. The molecule has 0 fully saturated rings. The summed E-state index contributed by atoms with van der Waals surface area (Å²) in [5.74, 6) is 1.08. The molecule has 3 nitrogen and oxygen atoms in total. The first-order valence-corrected chi connectivity index (χ1v) is 19.7. The van der Waals surface area contributed by atoms with Crippen molar-refractivity contribution < 1.29 is 9.15 Å². The van der Waals surface area contributed by atoms with Gasteiger partial charge in [-0.25, -0.2) is 0 Å². The quantitative estimate of drug-likeness (QED) is 0.165. The van der Waals surface area contributed by atoms with Gasteiger partial charge in [0.1, 0.15) is 17.4 Å². The predicted octanol–water partition coefficient (Wildman–Crippen LogP) is 14.7. The fourth-order valence-electron chi connectivity index (χ4n) is 9.28. The number of nitrogens with zero attached hydrogens (tertiary/aromatic N) is 1. The highest BCUT2D eigenvalue weighted by Crippen LogP contribution is 2.49. The van der Waals surface area contributed by atoms with Gasteiger partial charge in [-0.1, -0.05) is 152 Å². The van der Waals surface area contributed by atoms with Crippen molar-refractivity contribution in [1.29, 1.82) is 0 Å². The molecule has 3 heteroatoms. The van der Waals surface area contributed by atoms with Crippen LogP contribution >= 0.6 is 0 Å². The summed E-state index contributed by atoms with van der Waals surface area (Å²) < 4.78 is 13.3. The van der Waals surface area contributed by atoms with Gasteiger partial charge in [0.2, 0.25) is 0 Å². The summed E-state index contributed by atoms with van der Waals surface area (Å²) in [6.45, 7) is 0. The van der Waals surface area contributed by atoms with Gasteiger partial charge < -0.3 is 14.1 Å². The molecule has 268 valence electrons. The van der Waals surface area contributed by atoms with Crippen molar-refractivity contribution in [2.24, 2.45) is 0 Å². The third kappa shape index (κ3) is 5.06. The molecule has 57 heavy (non-hydrogen) atoms. The van der Waals surface area contributed by atoms with E-state index < -0.39 is 0 Å². The summed E-state index contributed by atoms with van der Waals surface area (Å²) >= 11 is 0. The number of hydrogen-bond donors (Lipinski definition) is 0. The third-order valence-electron chi connectivity index (χ3n) is 12.0. The number of furan rings is 1. The number of allylic oxidation sites excluding steroid dienone is 2. The summed E-state index contributed by atoms with van der Waals surface area (Å²) in [5.41, 5.74) is 10.8. The Labute approximate surface area is 330 Å². The zero-order valence-electron chi connectivity index (χ0n) is 31.0. The predicted molar refractivity (Wildman–Crippen MR) is 237 cm³/mol. The summed E-state index contributed by atoms with van der Waals surface area (Å²) in [4.78, 5) is 2.37. The molecule has 0 N–H and O–H groups in total. The molecule has 1 aliphatic heterocycles. The van der Waals surface area contributed by atoms with Crippen molar-refractivity contribution in [3.63, 3.8) is 0 Å². The Morgan fingerprint density at radius 3 is 2.05 bits per heavy atom. The summed E-state index contributed by atoms with van der Waals surface area (Å²) in [6.07, 6.45) is 6.83. The van der Waals surface area contributed by atoms with E-state index in [1.807, 2.05) is 6.07 Å². The zero-order chi connectivity index (χ0) is 37.5. The molecule has 0 bridgehead atoms. The maximum absolute atomic E-state index is 6.71. The Hall–Kier alpha value is -7.36. The van der Waals surface area contributed by atoms with Gasteiger partial charge in [-0.05, 0) is 97.6 Å². The number of ether oxygens (including phenoxy) is 1. The lowest BCUT2D eigenvalue weighted by Gasteiger charge is -2.29. The van der Waals surface area contributed by atoms with Crippen LogP contribution in [-0.2, 0) is 0 Å². The Morgan fingerprint density at radius 2 is 1.16 bits per heavy atom. The molecule has 10 aromatic rings. The van der Waals surface area contributed by atoms with E-state index in [4.69, 9.17) is 9.15 Å². The minimum Gasteiger partial charge on any atom is -0.485 e. The minimum atomic E-state index is -0.0345. The lowest BCUT2D eigenvalue weighted by molar-refractivity contribution is 0.269. The van der Waals surface area contributed by atoms with E-state index in [0.29, 0.717) is 0 Å². The number of hydrogen-bond acceptors (Lipinski definition) is 3. The molecule has 0 spiro atoms. The Bertz CT molecular complexity index is 3300. The number of rotatable bonds is 5. The van der Waals surface area contributed by atoms with E-state index in [1.165, 1.54) is 49.0 Å². The smallest absolute Gasteiger partial charge is 0.159 e. The van der Waals surface area contributed by atoms with Gasteiger partial charge in [0.25, 0.3) is 0 Å². The van der Waals surface area contributed by atoms with Crippen LogP contribution in [-0.4, -0.2) is 6.10 Å². The van der Waals surface area contributed by atoms with Crippen LogP contribution in [0.1, 0.15) is 17.0 Å². The standard InChI is InChI=1S/C54H35NO2/c1-2-13-37-33-53-48(31-36(37)12-1)47-32-38(26-30-52(47)56-53)42-15-5-7-20-49(42)55(50-21-10-19-46-45-16-6-8-22-51(45)57-54(46)50)39-27-23-35(24-28-39)41-17-9-18-43-40-14-4-3-11-34(40)25-29-44(41)43/h1-33,47,52H. The first-order valence-electron chi connectivity index (χ1n) is 19.7. The highest BCUT2D eigenvalue weighted by atomic mass is 16.5. The van der Waals surface area contributed by atoms with Crippen LogP contribution in [0.3, 0.4) is 0 Å². The highest BCUT2D eigenvalue weighted by Gasteiger charge is 2.34. The second kappa shape index (κ2) is 12.6. The fourth-order valence-corrected chi connectivity index (χ4v) is 9.28. The maximum atomic E-state index is 6.71. The molecule has 0 amide bonds. The van der Waals surface area contributed by atoms with Crippen LogP contribution in [0.5, 0.6) is 5.75 Å². The lowest BCUT2D eigenvalue weighted by Crippen LogP contribution is -2.18. The summed E-state index contributed by atoms with van der Waals surface area (Å²) in [6, 6.07) is 65.4. The van der Waals surface area contributed by atoms with E-state index in [0.717, 1.165) is 55.9 Å². The Balaban J connectivity index is 1.02. The Morgan fingerprint density at radius 1 is 0.474 bits per heavy atom. The van der Waals surface area contributed by atoms with Crippen molar-refractivity contribution in [3.05, 3.63) is 211 Å². The molecular weight excluding hydrogens is 695 g/mol. The van der Waals surface area contributed by atoms with Crippen molar-refractivity contribution in [2.45, 2.75) is 12.0 Å². The number of benzene rings is 9. The SMILES string of the molecule is C1=CC2Oc3cc4ccccc4cc3C2C=C1c1ccccc1N(c1ccc(-c2cccc3c2ccc2ccccc23)cc1)c1cccc2c1oc1ccccc12. The van der Waals surface area contributed by atoms with Gasteiger partial charge >= 0.3 is 0 Å². The monoisotopic (exact) mass is 729 g/mol. The third-order valence-corrected chi connectivity index (χ3v) is 12.0. The largest absolute Gasteiger partial charge is 0.485 e. The first kappa shape index (κ1) is 31.9. The Kier molecular flexibility index (Phi) is 7.05. The van der Waals surface area contributed by atoms with E-state index in [9.17, 15) is 0 Å². The highest BCUT2D eigenvalue weighted by molar-refractivity contribution is 6.13. The molecule has 1 aromatic heterocycles. The van der Waals surface area contributed by atoms with E-state index in [1.54, 1.807) is 0 Å². The molecule has 12 rings (SSSR count). The maximum Gasteiger partial charge on any atom is 0.159 e. The molecule has 0 saturated heterocycles. The molecule has 2 atom stereocenters. The number of para-hydroxylation sites is 3. The minimum absolute atomic E-state index is 0.0345. The van der Waals surface area contributed by atoms with Crippen LogP contribution in [0.4, 0.5) is 17.1 Å². The van der Waals surface area contributed by atoms with Gasteiger partial charge in [-0.3, -0.25) is 0 Å². The molecular formula is C54H35NO2. The zero-order valence-corrected chi connectivity index (χ0v) is 31.0. The van der Waals surface area contributed by atoms with Crippen LogP contribution in [0.2, 0.25) is 0 Å². The fraction of sp³-hybridized carbons (Fsp3) is 0.0370. The first-order chi connectivity index (χ1) is 28.2. The molecule has 0 radical (unpaired) electrons. The molecule has 2 heterocycles. The molecule has 2 unspecified atom stereocenters. The van der Waals surface area contributed by atoms with Crippen LogP contribution < -0.4 is 9.64 Å². The molecule has 0 saturated carbocycles. The van der Waals surface area contributed by atoms with E-state index in [2.05, 4.69) is 199 Å². The molecule has 1 aliphatic carbocycles. The molecule has 2 aliphatic rings. The van der Waals surface area contributed by atoms with Crippen molar-refractivity contribution in [2.75, 3.05) is 4.90 Å². The van der Waals surface area contributed by atoms with Crippen LogP contribution in [0, 0.1) is 0 Å². The van der Waals surface area contributed by atoms with Crippen molar-refractivity contribution in [3.8, 4) is 16.9 Å². The van der Waals surface area contributed by atoms with Crippen molar-refractivity contribution >= 4 is 76.9 Å². The second-order valence-corrected chi connectivity index (χ2v) is 15.2. The van der Waals surface area contributed by atoms with E-state index in [-0.39, 0.29) is 12.0 Å². The van der Waals surface area contributed by atoms with E-state index >= 15 is 0 Å². The van der Waals surface area contributed by atoms with Gasteiger partial charge in [0.15, 0.2) is 5.58 Å². The number of anilines is 3. The number of fused-ring (bicyclic) bond motifs is 10. The van der Waals surface area contributed by atoms with Gasteiger partial charge in [-0.2, -0.15) is 0 Å². The normalized spacial score (nSPS) is 15.9. The molecule has 9 aromatic carbocycles. The van der Waals surface area contributed by atoms with Crippen LogP contribution in [0.15, 0.2) is 205 Å². The lowest BCUT2D eigenvalue weighted by atomic mass is 9.85. The van der Waals surface area contributed by atoms with Gasteiger partial charge in [-0.15, -0.1) is 0 Å². The van der Waals surface area contributed by atoms with Crippen molar-refractivity contribution in [1.82, 2.24) is 0 Å². The summed E-state index contributed by atoms with van der Waals surface area (Å²) in [5, 5.41) is 9.67. The van der Waals surface area contributed by atoms with Gasteiger partial charge in [0.05, 0.1) is 11.4 Å². The average Bonchev–Trinajstić information content (AvgIpc) is 3.84. The van der Waals surface area contributed by atoms with Gasteiger partial charge in [0, 0.05) is 33.5 Å². The topological polar surface area (TPSA) is 25.6 Å². The second-order valence-electron chi connectivity index (χ2n) is 15.2. The van der Waals surface area contributed by atoms with Crippen LogP contribution in [0.25, 0.3) is 71.0 Å².